The predicted octanol–water partition coefficient (Wildman–Crippen LogP) is 3.54. The Morgan fingerprint density at radius 3 is 2.31 bits per heavy atom. The van der Waals surface area contributed by atoms with E-state index in [1.54, 1.807) is 0 Å². The van der Waals surface area contributed by atoms with Crippen molar-refractivity contribution in [3.05, 3.63) is 28.8 Å². The summed E-state index contributed by atoms with van der Waals surface area (Å²) in [5.74, 6) is 0. The second kappa shape index (κ2) is 6.77. The average molecular weight is 241 g/mol. The van der Waals surface area contributed by atoms with Crippen molar-refractivity contribution in [2.75, 3.05) is 18.8 Å². The third-order valence-corrected chi connectivity index (χ3v) is 2.90. The zero-order valence-electron chi connectivity index (χ0n) is 10.2. The second-order valence-electron chi connectivity index (χ2n) is 4.13. The highest BCUT2D eigenvalue weighted by Gasteiger charge is 2.07. The van der Waals surface area contributed by atoms with Gasteiger partial charge in [-0.2, -0.15) is 0 Å². The SMILES string of the molecule is CCCN(CCC)Cc1ccc(N)cc1Cl. The van der Waals surface area contributed by atoms with Gasteiger partial charge in [0.05, 0.1) is 0 Å². The molecule has 1 aromatic carbocycles. The molecule has 0 bridgehead atoms. The van der Waals surface area contributed by atoms with Gasteiger partial charge in [0.2, 0.25) is 0 Å². The maximum Gasteiger partial charge on any atom is 0.0471 e. The summed E-state index contributed by atoms with van der Waals surface area (Å²) in [7, 11) is 0. The molecule has 0 saturated heterocycles. The Morgan fingerprint density at radius 2 is 1.81 bits per heavy atom. The van der Waals surface area contributed by atoms with E-state index in [2.05, 4.69) is 18.7 Å². The summed E-state index contributed by atoms with van der Waals surface area (Å²) in [6.07, 6.45) is 2.35. The number of rotatable bonds is 6. The number of benzene rings is 1. The normalized spacial score (nSPS) is 11.0. The molecule has 0 amide bonds. The minimum absolute atomic E-state index is 0.728. The zero-order chi connectivity index (χ0) is 12.0. The van der Waals surface area contributed by atoms with E-state index in [1.165, 1.54) is 12.8 Å². The van der Waals surface area contributed by atoms with E-state index < -0.39 is 0 Å². The molecule has 0 aliphatic rings. The smallest absolute Gasteiger partial charge is 0.0471 e. The number of hydrogen-bond donors (Lipinski definition) is 1. The van der Waals surface area contributed by atoms with Gasteiger partial charge in [-0.3, -0.25) is 4.90 Å². The third kappa shape index (κ3) is 4.03. The third-order valence-electron chi connectivity index (χ3n) is 2.55. The first kappa shape index (κ1) is 13.3. The summed E-state index contributed by atoms with van der Waals surface area (Å²) in [5.41, 5.74) is 7.57. The van der Waals surface area contributed by atoms with E-state index >= 15 is 0 Å². The Kier molecular flexibility index (Phi) is 5.64. The molecule has 3 heteroatoms. The molecular formula is C13H21ClN2. The van der Waals surface area contributed by atoms with Crippen LogP contribution in [0, 0.1) is 0 Å². The van der Waals surface area contributed by atoms with E-state index in [1.807, 2.05) is 18.2 Å². The van der Waals surface area contributed by atoms with E-state index in [4.69, 9.17) is 17.3 Å². The maximum atomic E-state index is 6.17. The Hall–Kier alpha value is -0.730. The van der Waals surface area contributed by atoms with Crippen LogP contribution in [0.1, 0.15) is 32.3 Å². The Balaban J connectivity index is 2.68. The Labute approximate surface area is 103 Å². The monoisotopic (exact) mass is 240 g/mol. The molecule has 1 rings (SSSR count). The van der Waals surface area contributed by atoms with Crippen LogP contribution >= 0.6 is 11.6 Å². The van der Waals surface area contributed by atoms with Crippen LogP contribution in [0.2, 0.25) is 5.02 Å². The summed E-state index contributed by atoms with van der Waals surface area (Å²) in [6, 6.07) is 5.76. The number of nitrogen functional groups attached to an aromatic ring is 1. The molecule has 0 spiro atoms. The fourth-order valence-corrected chi connectivity index (χ4v) is 2.08. The van der Waals surface area contributed by atoms with Crippen LogP contribution in [-0.4, -0.2) is 18.0 Å². The summed E-state index contributed by atoms with van der Waals surface area (Å²) in [4.78, 5) is 2.43. The molecule has 0 fully saturated rings. The van der Waals surface area contributed by atoms with Gasteiger partial charge in [0.15, 0.2) is 0 Å². The van der Waals surface area contributed by atoms with Crippen molar-refractivity contribution in [1.82, 2.24) is 4.90 Å². The first-order valence-corrected chi connectivity index (χ1v) is 6.31. The molecule has 90 valence electrons. The van der Waals surface area contributed by atoms with Gasteiger partial charge in [-0.15, -0.1) is 0 Å². The van der Waals surface area contributed by atoms with E-state index in [-0.39, 0.29) is 0 Å². The molecule has 1 aromatic rings. The Morgan fingerprint density at radius 1 is 1.19 bits per heavy atom. The first-order valence-electron chi connectivity index (χ1n) is 5.93. The van der Waals surface area contributed by atoms with Gasteiger partial charge < -0.3 is 5.73 Å². The molecule has 2 N–H and O–H groups in total. The lowest BCUT2D eigenvalue weighted by Gasteiger charge is -2.21. The van der Waals surface area contributed by atoms with Crippen molar-refractivity contribution < 1.29 is 0 Å². The molecule has 0 radical (unpaired) electrons. The van der Waals surface area contributed by atoms with Gasteiger partial charge in [0, 0.05) is 17.3 Å². The van der Waals surface area contributed by atoms with Crippen LogP contribution in [-0.2, 0) is 6.54 Å². The van der Waals surface area contributed by atoms with Gasteiger partial charge >= 0.3 is 0 Å². The number of halogens is 1. The number of hydrogen-bond acceptors (Lipinski definition) is 2. The summed E-state index contributed by atoms with van der Waals surface area (Å²) in [5, 5.41) is 0.775. The lowest BCUT2D eigenvalue weighted by Crippen LogP contribution is -2.25. The summed E-state index contributed by atoms with van der Waals surface area (Å²) >= 11 is 6.17. The van der Waals surface area contributed by atoms with Crippen LogP contribution in [0.15, 0.2) is 18.2 Å². The summed E-state index contributed by atoms with van der Waals surface area (Å²) < 4.78 is 0. The quantitative estimate of drug-likeness (QED) is 0.771. The van der Waals surface area contributed by atoms with Crippen molar-refractivity contribution >= 4 is 17.3 Å². The largest absolute Gasteiger partial charge is 0.399 e. The van der Waals surface area contributed by atoms with Crippen molar-refractivity contribution in [2.45, 2.75) is 33.2 Å². The molecule has 16 heavy (non-hydrogen) atoms. The molecular weight excluding hydrogens is 220 g/mol. The molecule has 0 heterocycles. The molecule has 0 unspecified atom stereocenters. The minimum Gasteiger partial charge on any atom is -0.399 e. The minimum atomic E-state index is 0.728. The van der Waals surface area contributed by atoms with Crippen LogP contribution in [0.4, 0.5) is 5.69 Å². The fourth-order valence-electron chi connectivity index (χ4n) is 1.84. The molecule has 0 aliphatic heterocycles. The molecule has 0 saturated carbocycles. The lowest BCUT2D eigenvalue weighted by atomic mass is 10.2. The molecule has 0 atom stereocenters. The van der Waals surface area contributed by atoms with Gasteiger partial charge in [0.25, 0.3) is 0 Å². The van der Waals surface area contributed by atoms with Gasteiger partial charge in [-0.05, 0) is 43.6 Å². The number of nitrogens with zero attached hydrogens (tertiary/aromatic N) is 1. The van der Waals surface area contributed by atoms with Crippen LogP contribution in [0.5, 0.6) is 0 Å². The van der Waals surface area contributed by atoms with Gasteiger partial charge in [-0.25, -0.2) is 0 Å². The van der Waals surface area contributed by atoms with E-state index in [0.717, 1.165) is 35.9 Å². The van der Waals surface area contributed by atoms with Crippen molar-refractivity contribution in [3.8, 4) is 0 Å². The van der Waals surface area contributed by atoms with Crippen molar-refractivity contribution in [1.29, 1.82) is 0 Å². The van der Waals surface area contributed by atoms with E-state index in [9.17, 15) is 0 Å². The second-order valence-corrected chi connectivity index (χ2v) is 4.53. The van der Waals surface area contributed by atoms with Crippen molar-refractivity contribution in [3.63, 3.8) is 0 Å². The van der Waals surface area contributed by atoms with Gasteiger partial charge in [0.1, 0.15) is 0 Å². The van der Waals surface area contributed by atoms with Crippen LogP contribution in [0.3, 0.4) is 0 Å². The predicted molar refractivity (Wildman–Crippen MR) is 71.7 cm³/mol. The van der Waals surface area contributed by atoms with E-state index in [0.29, 0.717) is 0 Å². The lowest BCUT2D eigenvalue weighted by molar-refractivity contribution is 0.266. The van der Waals surface area contributed by atoms with Crippen LogP contribution in [0.25, 0.3) is 0 Å². The first-order chi connectivity index (χ1) is 7.67. The maximum absolute atomic E-state index is 6.17. The average Bonchev–Trinajstić information content (AvgIpc) is 2.23. The Bertz CT molecular complexity index is 320. The highest BCUT2D eigenvalue weighted by molar-refractivity contribution is 6.31. The zero-order valence-corrected chi connectivity index (χ0v) is 10.9. The van der Waals surface area contributed by atoms with Crippen molar-refractivity contribution in [2.24, 2.45) is 0 Å². The van der Waals surface area contributed by atoms with Crippen LogP contribution < -0.4 is 5.73 Å². The standard InChI is InChI=1S/C13H21ClN2/c1-3-7-16(8-4-2)10-11-5-6-12(15)9-13(11)14/h5-6,9H,3-4,7-8,10,15H2,1-2H3. The number of nitrogens with two attached hydrogens (primary N) is 1. The molecule has 0 aliphatic carbocycles. The van der Waals surface area contributed by atoms with Gasteiger partial charge in [-0.1, -0.05) is 31.5 Å². The topological polar surface area (TPSA) is 29.3 Å². The highest BCUT2D eigenvalue weighted by Crippen LogP contribution is 2.20. The highest BCUT2D eigenvalue weighted by atomic mass is 35.5. The summed E-state index contributed by atoms with van der Waals surface area (Å²) in [6.45, 7) is 7.56. The number of anilines is 1. The molecule has 2 nitrogen and oxygen atoms in total. The fraction of sp³-hybridized carbons (Fsp3) is 0.538. The molecule has 0 aromatic heterocycles.